The second-order valence-electron chi connectivity index (χ2n) is 3.84. The first kappa shape index (κ1) is 11.8. The number of nitrogens with two attached hydrogens (primary N) is 1. The molecule has 2 aromatic rings. The van der Waals surface area contributed by atoms with Crippen LogP contribution in [0.2, 0.25) is 0 Å². The van der Waals surface area contributed by atoms with Crippen LogP contribution in [-0.4, -0.2) is 18.1 Å². The highest BCUT2D eigenvalue weighted by Crippen LogP contribution is 2.19. The van der Waals surface area contributed by atoms with Crippen molar-refractivity contribution in [2.75, 3.05) is 13.1 Å². The molecule has 0 spiro atoms. The molecule has 88 valence electrons. The Hall–Kier alpha value is -1.71. The average molecular weight is 227 g/mol. The minimum absolute atomic E-state index is 0.112. The number of hydrogen-bond donors (Lipinski definition) is 2. The molecule has 0 amide bonds. The maximum Gasteiger partial charge on any atom is 0.0751 e. The Kier molecular flexibility index (Phi) is 4.24. The van der Waals surface area contributed by atoms with Crippen LogP contribution in [0.4, 0.5) is 0 Å². The summed E-state index contributed by atoms with van der Waals surface area (Å²) >= 11 is 0. The van der Waals surface area contributed by atoms with Gasteiger partial charge in [0.25, 0.3) is 0 Å². The van der Waals surface area contributed by atoms with Gasteiger partial charge in [-0.3, -0.25) is 4.98 Å². The van der Waals surface area contributed by atoms with E-state index in [0.29, 0.717) is 6.54 Å². The van der Waals surface area contributed by atoms with Crippen LogP contribution >= 0.6 is 0 Å². The van der Waals surface area contributed by atoms with E-state index in [-0.39, 0.29) is 6.04 Å². The van der Waals surface area contributed by atoms with Crippen LogP contribution < -0.4 is 11.1 Å². The number of hydrogen-bond acceptors (Lipinski definition) is 3. The summed E-state index contributed by atoms with van der Waals surface area (Å²) in [4.78, 5) is 4.41. The van der Waals surface area contributed by atoms with Gasteiger partial charge in [-0.1, -0.05) is 36.4 Å². The molecule has 0 saturated heterocycles. The van der Waals surface area contributed by atoms with Gasteiger partial charge in [-0.05, 0) is 17.7 Å². The predicted octanol–water partition coefficient (Wildman–Crippen LogP) is 1.72. The molecule has 1 heterocycles. The van der Waals surface area contributed by atoms with Gasteiger partial charge in [0, 0.05) is 19.3 Å². The van der Waals surface area contributed by atoms with Gasteiger partial charge in [0.2, 0.25) is 0 Å². The van der Waals surface area contributed by atoms with Crippen LogP contribution in [0.25, 0.3) is 0 Å². The highest BCUT2D eigenvalue weighted by Gasteiger charge is 2.13. The first-order valence-corrected chi connectivity index (χ1v) is 5.81. The fraction of sp³-hybridized carbons (Fsp3) is 0.214. The van der Waals surface area contributed by atoms with Crippen molar-refractivity contribution in [3.8, 4) is 0 Å². The monoisotopic (exact) mass is 227 g/mol. The third kappa shape index (κ3) is 3.12. The van der Waals surface area contributed by atoms with E-state index in [2.05, 4.69) is 22.4 Å². The van der Waals surface area contributed by atoms with Gasteiger partial charge in [-0.25, -0.2) is 0 Å². The molecule has 0 saturated carbocycles. The summed E-state index contributed by atoms with van der Waals surface area (Å²) in [5, 5.41) is 3.41. The van der Waals surface area contributed by atoms with E-state index in [1.54, 1.807) is 0 Å². The largest absolute Gasteiger partial charge is 0.329 e. The summed E-state index contributed by atoms with van der Waals surface area (Å²) in [5.74, 6) is 0. The third-order valence-electron chi connectivity index (χ3n) is 2.61. The Morgan fingerprint density at radius 1 is 1.06 bits per heavy atom. The summed E-state index contributed by atoms with van der Waals surface area (Å²) in [6, 6.07) is 16.4. The van der Waals surface area contributed by atoms with Gasteiger partial charge in [0.1, 0.15) is 0 Å². The van der Waals surface area contributed by atoms with Crippen LogP contribution in [0.15, 0.2) is 54.7 Å². The summed E-state index contributed by atoms with van der Waals surface area (Å²) < 4.78 is 0. The highest BCUT2D eigenvalue weighted by atomic mass is 14.9. The number of nitrogens with zero attached hydrogens (tertiary/aromatic N) is 1. The smallest absolute Gasteiger partial charge is 0.0751 e. The SMILES string of the molecule is NCCNC(c1ccccc1)c1ccccn1. The van der Waals surface area contributed by atoms with Crippen LogP contribution in [0.3, 0.4) is 0 Å². The molecule has 2 rings (SSSR count). The molecule has 0 aliphatic rings. The van der Waals surface area contributed by atoms with Crippen molar-refractivity contribution >= 4 is 0 Å². The number of benzene rings is 1. The summed E-state index contributed by atoms with van der Waals surface area (Å²) in [5.41, 5.74) is 7.78. The lowest BCUT2D eigenvalue weighted by Gasteiger charge is -2.18. The Labute approximate surface area is 102 Å². The van der Waals surface area contributed by atoms with E-state index >= 15 is 0 Å². The van der Waals surface area contributed by atoms with Gasteiger partial charge in [0.15, 0.2) is 0 Å². The molecule has 1 unspecified atom stereocenters. The van der Waals surface area contributed by atoms with Gasteiger partial charge < -0.3 is 11.1 Å². The molecule has 1 aromatic carbocycles. The van der Waals surface area contributed by atoms with Crippen molar-refractivity contribution in [3.63, 3.8) is 0 Å². The lowest BCUT2D eigenvalue weighted by Crippen LogP contribution is -2.28. The predicted molar refractivity (Wildman–Crippen MR) is 69.6 cm³/mol. The summed E-state index contributed by atoms with van der Waals surface area (Å²) in [6.45, 7) is 1.40. The van der Waals surface area contributed by atoms with Crippen molar-refractivity contribution in [3.05, 3.63) is 66.0 Å². The van der Waals surface area contributed by atoms with Gasteiger partial charge in [-0.15, -0.1) is 0 Å². The molecule has 0 aliphatic heterocycles. The lowest BCUT2D eigenvalue weighted by molar-refractivity contribution is 0.599. The van der Waals surface area contributed by atoms with Crippen molar-refractivity contribution in [1.29, 1.82) is 0 Å². The number of aromatic nitrogens is 1. The maximum atomic E-state index is 5.55. The molecule has 3 heteroatoms. The van der Waals surface area contributed by atoms with E-state index in [9.17, 15) is 0 Å². The summed E-state index contributed by atoms with van der Waals surface area (Å²) in [7, 11) is 0. The molecule has 3 nitrogen and oxygen atoms in total. The second-order valence-corrected chi connectivity index (χ2v) is 3.84. The summed E-state index contributed by atoms with van der Waals surface area (Å²) in [6.07, 6.45) is 1.81. The zero-order valence-electron chi connectivity index (χ0n) is 9.71. The first-order chi connectivity index (χ1) is 8.42. The van der Waals surface area contributed by atoms with E-state index in [4.69, 9.17) is 5.73 Å². The van der Waals surface area contributed by atoms with Crippen molar-refractivity contribution in [2.24, 2.45) is 5.73 Å². The zero-order chi connectivity index (χ0) is 11.9. The molecule has 0 radical (unpaired) electrons. The topological polar surface area (TPSA) is 50.9 Å². The molecule has 1 atom stereocenters. The molecule has 0 fully saturated rings. The number of pyridine rings is 1. The van der Waals surface area contributed by atoms with Gasteiger partial charge >= 0.3 is 0 Å². The second kappa shape index (κ2) is 6.13. The quantitative estimate of drug-likeness (QED) is 0.817. The highest BCUT2D eigenvalue weighted by molar-refractivity contribution is 5.27. The lowest BCUT2D eigenvalue weighted by atomic mass is 10.0. The number of rotatable bonds is 5. The van der Waals surface area contributed by atoms with Crippen molar-refractivity contribution < 1.29 is 0 Å². The van der Waals surface area contributed by atoms with Crippen molar-refractivity contribution in [2.45, 2.75) is 6.04 Å². The van der Waals surface area contributed by atoms with E-state index in [1.165, 1.54) is 5.56 Å². The van der Waals surface area contributed by atoms with Crippen LogP contribution in [0, 0.1) is 0 Å². The Morgan fingerprint density at radius 3 is 2.47 bits per heavy atom. The fourth-order valence-corrected chi connectivity index (χ4v) is 1.81. The Balaban J connectivity index is 2.26. The Morgan fingerprint density at radius 2 is 1.82 bits per heavy atom. The Bertz CT molecular complexity index is 388. The van der Waals surface area contributed by atoms with E-state index < -0.39 is 0 Å². The van der Waals surface area contributed by atoms with Crippen LogP contribution in [0.5, 0.6) is 0 Å². The fourth-order valence-electron chi connectivity index (χ4n) is 1.81. The molecular weight excluding hydrogens is 210 g/mol. The van der Waals surface area contributed by atoms with Crippen LogP contribution in [-0.2, 0) is 0 Å². The molecule has 17 heavy (non-hydrogen) atoms. The standard InChI is InChI=1S/C14H17N3/c15-9-11-17-14(12-6-2-1-3-7-12)13-8-4-5-10-16-13/h1-8,10,14,17H,9,11,15H2. The number of nitrogens with one attached hydrogen (secondary N) is 1. The molecular formula is C14H17N3. The molecule has 0 bridgehead atoms. The van der Waals surface area contributed by atoms with Crippen LogP contribution in [0.1, 0.15) is 17.3 Å². The average Bonchev–Trinajstić information content (AvgIpc) is 2.42. The molecule has 3 N–H and O–H groups in total. The maximum absolute atomic E-state index is 5.55. The normalized spacial score (nSPS) is 12.3. The molecule has 1 aromatic heterocycles. The first-order valence-electron chi connectivity index (χ1n) is 5.81. The van der Waals surface area contributed by atoms with E-state index in [0.717, 1.165) is 12.2 Å². The zero-order valence-corrected chi connectivity index (χ0v) is 9.71. The van der Waals surface area contributed by atoms with Crippen molar-refractivity contribution in [1.82, 2.24) is 10.3 Å². The van der Waals surface area contributed by atoms with Gasteiger partial charge in [0.05, 0.1) is 11.7 Å². The van der Waals surface area contributed by atoms with Gasteiger partial charge in [-0.2, -0.15) is 0 Å². The molecule has 0 aliphatic carbocycles. The minimum Gasteiger partial charge on any atom is -0.329 e. The minimum atomic E-state index is 0.112. The third-order valence-corrected chi connectivity index (χ3v) is 2.61. The van der Waals surface area contributed by atoms with E-state index in [1.807, 2.05) is 42.6 Å².